The van der Waals surface area contributed by atoms with E-state index in [-0.39, 0.29) is 24.0 Å². The number of carbonyl (C=O) groups excluding carboxylic acids is 2. The summed E-state index contributed by atoms with van der Waals surface area (Å²) in [7, 11) is 1.38. The number of rotatable bonds is 2. The highest BCUT2D eigenvalue weighted by atomic mass is 16.5. The van der Waals surface area contributed by atoms with Crippen LogP contribution in [0.15, 0.2) is 36.4 Å². The summed E-state index contributed by atoms with van der Waals surface area (Å²) in [6.45, 7) is 0. The summed E-state index contributed by atoms with van der Waals surface area (Å²) in [4.78, 5) is 25.7. The first-order valence-electron chi connectivity index (χ1n) is 7.37. The Morgan fingerprint density at radius 2 is 2.00 bits per heavy atom. The molecule has 2 aliphatic heterocycles. The monoisotopic (exact) mass is 285 g/mol. The highest BCUT2D eigenvalue weighted by molar-refractivity contribution is 5.89. The second-order valence-electron chi connectivity index (χ2n) is 5.56. The van der Waals surface area contributed by atoms with Gasteiger partial charge in [0.25, 0.3) is 0 Å². The first-order chi connectivity index (χ1) is 10.2. The fourth-order valence-electron chi connectivity index (χ4n) is 3.30. The van der Waals surface area contributed by atoms with Gasteiger partial charge in [-0.1, -0.05) is 24.3 Å². The van der Waals surface area contributed by atoms with Crippen molar-refractivity contribution >= 4 is 11.9 Å². The maximum Gasteiger partial charge on any atom is 0.337 e. The summed E-state index contributed by atoms with van der Waals surface area (Å²) in [6.07, 6.45) is 7.75. The van der Waals surface area contributed by atoms with Gasteiger partial charge in [-0.15, -0.1) is 0 Å². The number of hydrogen-bond donors (Lipinski definition) is 0. The summed E-state index contributed by atoms with van der Waals surface area (Å²) in [5, 5.41) is 0. The molecule has 1 aromatic carbocycles. The van der Waals surface area contributed by atoms with Crippen LogP contribution in [0.25, 0.3) is 0 Å². The number of carbonyl (C=O) groups is 2. The number of benzene rings is 1. The molecule has 4 heteroatoms. The van der Waals surface area contributed by atoms with E-state index in [0.29, 0.717) is 12.0 Å². The third kappa shape index (κ3) is 2.58. The first-order valence-corrected chi connectivity index (χ1v) is 7.37. The molecule has 1 saturated heterocycles. The Kier molecular flexibility index (Phi) is 3.78. The largest absolute Gasteiger partial charge is 0.465 e. The maximum atomic E-state index is 12.2. The van der Waals surface area contributed by atoms with Crippen molar-refractivity contribution in [1.82, 2.24) is 4.90 Å². The molecule has 0 radical (unpaired) electrons. The van der Waals surface area contributed by atoms with Crippen molar-refractivity contribution in [3.8, 4) is 0 Å². The lowest BCUT2D eigenvalue weighted by atomic mass is 9.88. The van der Waals surface area contributed by atoms with E-state index in [1.54, 1.807) is 12.1 Å². The van der Waals surface area contributed by atoms with Crippen LogP contribution in [0.4, 0.5) is 0 Å². The highest BCUT2D eigenvalue weighted by Crippen LogP contribution is 2.37. The van der Waals surface area contributed by atoms with E-state index in [1.807, 2.05) is 23.1 Å². The van der Waals surface area contributed by atoms with Gasteiger partial charge in [-0.3, -0.25) is 4.79 Å². The summed E-state index contributed by atoms with van der Waals surface area (Å²) >= 11 is 0. The summed E-state index contributed by atoms with van der Waals surface area (Å²) in [5.74, 6) is -0.135. The molecule has 4 nitrogen and oxygen atoms in total. The Morgan fingerprint density at radius 3 is 2.71 bits per heavy atom. The van der Waals surface area contributed by atoms with Crippen molar-refractivity contribution in [1.29, 1.82) is 0 Å². The molecule has 0 saturated carbocycles. The lowest BCUT2D eigenvalue weighted by Crippen LogP contribution is -2.46. The third-order valence-electron chi connectivity index (χ3n) is 4.33. The molecule has 110 valence electrons. The zero-order valence-corrected chi connectivity index (χ0v) is 12.1. The van der Waals surface area contributed by atoms with Gasteiger partial charge >= 0.3 is 5.97 Å². The van der Waals surface area contributed by atoms with Crippen LogP contribution in [0.1, 0.15) is 47.6 Å². The Hall–Kier alpha value is -2.10. The zero-order chi connectivity index (χ0) is 14.8. The van der Waals surface area contributed by atoms with Gasteiger partial charge < -0.3 is 9.64 Å². The fourth-order valence-corrected chi connectivity index (χ4v) is 3.30. The van der Waals surface area contributed by atoms with Crippen LogP contribution in [0.5, 0.6) is 0 Å². The predicted molar refractivity (Wildman–Crippen MR) is 78.8 cm³/mol. The Balaban J connectivity index is 1.86. The van der Waals surface area contributed by atoms with E-state index in [9.17, 15) is 9.59 Å². The molecule has 2 atom stereocenters. The predicted octanol–water partition coefficient (Wildman–Crippen LogP) is 2.86. The number of fused-ring (bicyclic) bond motifs is 1. The molecule has 1 aromatic rings. The lowest BCUT2D eigenvalue weighted by Gasteiger charge is -2.43. The van der Waals surface area contributed by atoms with Crippen LogP contribution in [0.2, 0.25) is 0 Å². The fraction of sp³-hybridized carbons (Fsp3) is 0.412. The van der Waals surface area contributed by atoms with Gasteiger partial charge in [0, 0.05) is 6.42 Å². The first kappa shape index (κ1) is 13.9. The number of methoxy groups -OCH3 is 1. The Morgan fingerprint density at radius 1 is 1.24 bits per heavy atom. The van der Waals surface area contributed by atoms with Crippen LogP contribution >= 0.6 is 0 Å². The minimum absolute atomic E-state index is 0.118. The summed E-state index contributed by atoms with van der Waals surface area (Å²) in [5.41, 5.74) is 1.63. The lowest BCUT2D eigenvalue weighted by molar-refractivity contribution is -0.137. The van der Waals surface area contributed by atoms with Crippen LogP contribution in [-0.4, -0.2) is 29.9 Å². The van der Waals surface area contributed by atoms with Gasteiger partial charge in [-0.2, -0.15) is 0 Å². The molecule has 2 heterocycles. The van der Waals surface area contributed by atoms with Crippen LogP contribution in [0.3, 0.4) is 0 Å². The van der Waals surface area contributed by atoms with Crippen LogP contribution in [-0.2, 0) is 9.53 Å². The van der Waals surface area contributed by atoms with Gasteiger partial charge in [-0.05, 0) is 37.0 Å². The molecular weight excluding hydrogens is 266 g/mol. The second-order valence-corrected chi connectivity index (χ2v) is 5.56. The number of nitrogens with zero attached hydrogens (tertiary/aromatic N) is 1. The number of ether oxygens (including phenoxy) is 1. The van der Waals surface area contributed by atoms with Crippen LogP contribution in [0, 0.1) is 0 Å². The molecular formula is C17H19NO3. The van der Waals surface area contributed by atoms with Gasteiger partial charge in [0.15, 0.2) is 0 Å². The smallest absolute Gasteiger partial charge is 0.337 e. The molecule has 0 N–H and O–H groups in total. The summed E-state index contributed by atoms with van der Waals surface area (Å²) in [6, 6.07) is 7.76. The molecule has 21 heavy (non-hydrogen) atoms. The molecule has 1 fully saturated rings. The average Bonchev–Trinajstić information content (AvgIpc) is 2.54. The molecule has 0 spiro atoms. The van der Waals surface area contributed by atoms with E-state index >= 15 is 0 Å². The van der Waals surface area contributed by atoms with E-state index in [4.69, 9.17) is 4.74 Å². The van der Waals surface area contributed by atoms with Crippen molar-refractivity contribution in [2.75, 3.05) is 7.11 Å². The van der Waals surface area contributed by atoms with Gasteiger partial charge in [0.1, 0.15) is 0 Å². The molecule has 0 aliphatic carbocycles. The number of esters is 1. The molecule has 1 amide bonds. The van der Waals surface area contributed by atoms with Crippen molar-refractivity contribution in [2.24, 2.45) is 0 Å². The van der Waals surface area contributed by atoms with Crippen molar-refractivity contribution in [2.45, 2.75) is 37.8 Å². The van der Waals surface area contributed by atoms with E-state index in [0.717, 1.165) is 24.8 Å². The molecule has 0 aromatic heterocycles. The quantitative estimate of drug-likeness (QED) is 0.620. The number of piperidine rings is 1. The molecule has 2 unspecified atom stereocenters. The molecule has 3 rings (SSSR count). The average molecular weight is 285 g/mol. The summed E-state index contributed by atoms with van der Waals surface area (Å²) < 4.78 is 4.71. The minimum atomic E-state index is -0.333. The second kappa shape index (κ2) is 5.72. The highest BCUT2D eigenvalue weighted by Gasteiger charge is 2.34. The van der Waals surface area contributed by atoms with Crippen LogP contribution < -0.4 is 0 Å². The topological polar surface area (TPSA) is 46.6 Å². The standard InChI is InChI=1S/C17H19NO3/c1-21-17(20)13-10-8-12(9-11-13)15-6-2-4-14-5-3-7-16(19)18(14)15/h3,5,8-11,14-15H,2,4,6-7H2,1H3. The number of amides is 1. The van der Waals surface area contributed by atoms with Crippen molar-refractivity contribution < 1.29 is 14.3 Å². The Bertz CT molecular complexity index is 576. The molecule has 0 bridgehead atoms. The van der Waals surface area contributed by atoms with Gasteiger partial charge in [0.2, 0.25) is 5.91 Å². The normalized spacial score (nSPS) is 24.6. The zero-order valence-electron chi connectivity index (χ0n) is 12.1. The van der Waals surface area contributed by atoms with E-state index < -0.39 is 0 Å². The van der Waals surface area contributed by atoms with E-state index in [2.05, 4.69) is 6.08 Å². The third-order valence-corrected chi connectivity index (χ3v) is 4.33. The minimum Gasteiger partial charge on any atom is -0.465 e. The SMILES string of the molecule is COC(=O)c1ccc(C2CCCC3C=CCC(=O)N32)cc1. The molecule has 2 aliphatic rings. The van der Waals surface area contributed by atoms with Gasteiger partial charge in [0.05, 0.1) is 24.8 Å². The van der Waals surface area contributed by atoms with E-state index in [1.165, 1.54) is 7.11 Å². The van der Waals surface area contributed by atoms with Crippen molar-refractivity contribution in [3.05, 3.63) is 47.5 Å². The number of hydrogen-bond acceptors (Lipinski definition) is 3. The Labute approximate surface area is 124 Å². The maximum absolute atomic E-state index is 12.2. The van der Waals surface area contributed by atoms with Crippen molar-refractivity contribution in [3.63, 3.8) is 0 Å². The van der Waals surface area contributed by atoms with Gasteiger partial charge in [-0.25, -0.2) is 4.79 Å².